The van der Waals surface area contributed by atoms with Crippen LogP contribution < -0.4 is 4.74 Å². The van der Waals surface area contributed by atoms with Crippen molar-refractivity contribution in [1.82, 2.24) is 14.7 Å². The van der Waals surface area contributed by atoms with Gasteiger partial charge in [0.05, 0.1) is 13.7 Å². The van der Waals surface area contributed by atoms with Gasteiger partial charge in [-0.05, 0) is 50.7 Å². The number of hydrogen-bond acceptors (Lipinski definition) is 5. The fourth-order valence-corrected chi connectivity index (χ4v) is 3.45. The largest absolute Gasteiger partial charge is 0.497 e. The molecule has 0 N–H and O–H groups in total. The molecule has 1 aliphatic heterocycles. The molecule has 0 aliphatic carbocycles. The summed E-state index contributed by atoms with van der Waals surface area (Å²) in [6.45, 7) is 3.30. The summed E-state index contributed by atoms with van der Waals surface area (Å²) < 4.78 is 12.5. The Hall–Kier alpha value is -2.34. The Bertz CT molecular complexity index is 719. The van der Waals surface area contributed by atoms with E-state index in [1.54, 1.807) is 17.9 Å². The summed E-state index contributed by atoms with van der Waals surface area (Å²) in [6, 6.07) is 10.1. The Morgan fingerprint density at radius 2 is 2.00 bits per heavy atom. The normalized spacial score (nSPS) is 20.6. The lowest BCUT2D eigenvalue weighted by Gasteiger charge is -2.25. The van der Waals surface area contributed by atoms with Gasteiger partial charge in [-0.2, -0.15) is 5.10 Å². The first-order chi connectivity index (χ1) is 12.0. The summed E-state index contributed by atoms with van der Waals surface area (Å²) in [5.74, 6) is 0.761. The zero-order valence-corrected chi connectivity index (χ0v) is 15.2. The van der Waals surface area contributed by atoms with E-state index in [4.69, 9.17) is 9.47 Å². The smallest absolute Gasteiger partial charge is 0.358 e. The van der Waals surface area contributed by atoms with Crippen molar-refractivity contribution in [3.05, 3.63) is 47.3 Å². The van der Waals surface area contributed by atoms with Crippen molar-refractivity contribution in [2.45, 2.75) is 19.4 Å². The van der Waals surface area contributed by atoms with Gasteiger partial charge in [-0.3, -0.25) is 9.58 Å². The predicted octanol–water partition coefficient (Wildman–Crippen LogP) is 2.59. The van der Waals surface area contributed by atoms with Crippen LogP contribution in [0.1, 0.15) is 34.2 Å². The highest BCUT2D eigenvalue weighted by molar-refractivity contribution is 5.87. The molecule has 1 aromatic carbocycles. The molecule has 1 saturated heterocycles. The molecule has 2 heterocycles. The number of nitrogens with zero attached hydrogens (tertiary/aromatic N) is 3. The number of esters is 1. The summed E-state index contributed by atoms with van der Waals surface area (Å²) in [7, 11) is 5.59. The predicted molar refractivity (Wildman–Crippen MR) is 94.7 cm³/mol. The van der Waals surface area contributed by atoms with Gasteiger partial charge in [0.2, 0.25) is 0 Å². The lowest BCUT2D eigenvalue weighted by Crippen LogP contribution is -2.24. The van der Waals surface area contributed by atoms with Crippen LogP contribution in [-0.4, -0.2) is 48.0 Å². The molecule has 1 aliphatic rings. The molecule has 2 aromatic rings. The Labute approximate surface area is 148 Å². The highest BCUT2D eigenvalue weighted by atomic mass is 16.5. The summed E-state index contributed by atoms with van der Waals surface area (Å²) in [6.07, 6.45) is 1.00. The third-order valence-corrected chi connectivity index (χ3v) is 4.98. The topological polar surface area (TPSA) is 56.6 Å². The van der Waals surface area contributed by atoms with Crippen LogP contribution in [-0.2, 0) is 11.8 Å². The molecule has 3 rings (SSSR count). The first kappa shape index (κ1) is 17.5. The molecule has 0 saturated carbocycles. The molecule has 25 heavy (non-hydrogen) atoms. The Morgan fingerprint density at radius 1 is 1.28 bits per heavy atom. The zero-order chi connectivity index (χ0) is 18.0. The third kappa shape index (κ3) is 3.69. The fourth-order valence-electron chi connectivity index (χ4n) is 3.45. The van der Waals surface area contributed by atoms with E-state index >= 15 is 0 Å². The van der Waals surface area contributed by atoms with Gasteiger partial charge in [0, 0.05) is 24.7 Å². The quantitative estimate of drug-likeness (QED) is 0.781. The number of methoxy groups -OCH3 is 1. The first-order valence-electron chi connectivity index (χ1n) is 8.51. The van der Waals surface area contributed by atoms with Crippen LogP contribution >= 0.6 is 0 Å². The van der Waals surface area contributed by atoms with Gasteiger partial charge >= 0.3 is 5.97 Å². The third-order valence-electron chi connectivity index (χ3n) is 4.98. The average Bonchev–Trinajstić information content (AvgIpc) is 3.15. The van der Waals surface area contributed by atoms with E-state index in [0.717, 1.165) is 24.4 Å². The molecule has 2 unspecified atom stereocenters. The molecule has 1 fully saturated rings. The second-order valence-corrected chi connectivity index (χ2v) is 6.64. The van der Waals surface area contributed by atoms with Crippen molar-refractivity contribution < 1.29 is 14.3 Å². The van der Waals surface area contributed by atoms with Gasteiger partial charge in [0.1, 0.15) is 5.75 Å². The first-order valence-corrected chi connectivity index (χ1v) is 8.51. The molecule has 6 heteroatoms. The van der Waals surface area contributed by atoms with E-state index < -0.39 is 0 Å². The summed E-state index contributed by atoms with van der Waals surface area (Å²) >= 11 is 0. The Balaban J connectivity index is 1.67. The Morgan fingerprint density at radius 3 is 2.60 bits per heavy atom. The lowest BCUT2D eigenvalue weighted by molar-refractivity contribution is 0.0404. The van der Waals surface area contributed by atoms with Crippen molar-refractivity contribution in [3.63, 3.8) is 0 Å². The number of ether oxygens (including phenoxy) is 2. The maximum absolute atomic E-state index is 12.2. The summed E-state index contributed by atoms with van der Waals surface area (Å²) in [4.78, 5) is 14.6. The number of rotatable bonds is 5. The molecule has 134 valence electrons. The van der Waals surface area contributed by atoms with E-state index in [9.17, 15) is 4.79 Å². The minimum Gasteiger partial charge on any atom is -0.497 e. The second-order valence-electron chi connectivity index (χ2n) is 6.64. The molecule has 0 radical (unpaired) electrons. The molecular weight excluding hydrogens is 318 g/mol. The van der Waals surface area contributed by atoms with Crippen LogP contribution in [0.4, 0.5) is 0 Å². The van der Waals surface area contributed by atoms with Gasteiger partial charge in [0.15, 0.2) is 5.69 Å². The van der Waals surface area contributed by atoms with E-state index in [2.05, 4.69) is 29.2 Å². The van der Waals surface area contributed by atoms with Gasteiger partial charge in [-0.1, -0.05) is 12.1 Å². The van der Waals surface area contributed by atoms with Crippen LogP contribution in [0.3, 0.4) is 0 Å². The number of carbonyl (C=O) groups excluding carboxylic acids is 1. The van der Waals surface area contributed by atoms with Crippen LogP contribution in [0.2, 0.25) is 0 Å². The highest BCUT2D eigenvalue weighted by Crippen LogP contribution is 2.36. The van der Waals surface area contributed by atoms with Crippen molar-refractivity contribution in [3.8, 4) is 5.75 Å². The van der Waals surface area contributed by atoms with Crippen molar-refractivity contribution in [2.75, 3.05) is 27.3 Å². The molecule has 0 spiro atoms. The number of hydrogen-bond donors (Lipinski definition) is 0. The van der Waals surface area contributed by atoms with E-state index in [1.807, 2.05) is 26.1 Å². The van der Waals surface area contributed by atoms with Gasteiger partial charge in [-0.15, -0.1) is 0 Å². The molecule has 0 amide bonds. The SMILES string of the molecule is COc1ccc(C2C(COC(=O)c3cc(C)n(C)n3)CCN2C)cc1. The van der Waals surface area contributed by atoms with Crippen molar-refractivity contribution >= 4 is 5.97 Å². The number of benzene rings is 1. The van der Waals surface area contributed by atoms with Gasteiger partial charge in [0.25, 0.3) is 0 Å². The summed E-state index contributed by atoms with van der Waals surface area (Å²) in [5, 5.41) is 4.18. The second kappa shape index (κ2) is 7.27. The number of likely N-dealkylation sites (tertiary alicyclic amines) is 1. The van der Waals surface area contributed by atoms with Gasteiger partial charge in [-0.25, -0.2) is 4.79 Å². The average molecular weight is 343 g/mol. The maximum Gasteiger partial charge on any atom is 0.358 e. The van der Waals surface area contributed by atoms with Crippen molar-refractivity contribution in [1.29, 1.82) is 0 Å². The molecule has 1 aromatic heterocycles. The Kier molecular flexibility index (Phi) is 5.08. The summed E-state index contributed by atoms with van der Waals surface area (Å²) in [5.41, 5.74) is 2.52. The number of carbonyl (C=O) groups is 1. The standard InChI is InChI=1S/C19H25N3O3/c1-13-11-17(20-22(13)3)19(23)25-12-15-9-10-21(2)18(15)14-5-7-16(24-4)8-6-14/h5-8,11,15,18H,9-10,12H2,1-4H3. The highest BCUT2D eigenvalue weighted by Gasteiger charge is 2.34. The zero-order valence-electron chi connectivity index (χ0n) is 15.2. The molecule has 6 nitrogen and oxygen atoms in total. The van der Waals surface area contributed by atoms with Crippen LogP contribution in [0, 0.1) is 12.8 Å². The fraction of sp³-hybridized carbons (Fsp3) is 0.474. The molecular formula is C19H25N3O3. The minimum atomic E-state index is -0.355. The van der Waals surface area contributed by atoms with Gasteiger partial charge < -0.3 is 9.47 Å². The van der Waals surface area contributed by atoms with Crippen LogP contribution in [0.25, 0.3) is 0 Å². The van der Waals surface area contributed by atoms with E-state index in [0.29, 0.717) is 12.3 Å². The number of aryl methyl sites for hydroxylation is 2. The minimum absolute atomic E-state index is 0.240. The number of aromatic nitrogens is 2. The van der Waals surface area contributed by atoms with E-state index in [1.165, 1.54) is 5.56 Å². The van der Waals surface area contributed by atoms with Crippen LogP contribution in [0.5, 0.6) is 5.75 Å². The van der Waals surface area contributed by atoms with Crippen LogP contribution in [0.15, 0.2) is 30.3 Å². The van der Waals surface area contributed by atoms with E-state index in [-0.39, 0.29) is 17.9 Å². The molecule has 0 bridgehead atoms. The maximum atomic E-state index is 12.2. The monoisotopic (exact) mass is 343 g/mol. The molecule has 2 atom stereocenters. The van der Waals surface area contributed by atoms with Crippen molar-refractivity contribution in [2.24, 2.45) is 13.0 Å². The lowest BCUT2D eigenvalue weighted by atomic mass is 9.94.